The molecule has 1 fully saturated rings. The summed E-state index contributed by atoms with van der Waals surface area (Å²) in [5, 5.41) is 10.7. The van der Waals surface area contributed by atoms with E-state index < -0.39 is 5.63 Å². The van der Waals surface area contributed by atoms with Gasteiger partial charge in [-0.15, -0.1) is 0 Å². The summed E-state index contributed by atoms with van der Waals surface area (Å²) >= 11 is 5.99. The van der Waals surface area contributed by atoms with Gasteiger partial charge in [0.2, 0.25) is 0 Å². The number of ether oxygens (including phenoxy) is 1. The molecule has 2 heterocycles. The highest BCUT2D eigenvalue weighted by Crippen LogP contribution is 2.30. The summed E-state index contributed by atoms with van der Waals surface area (Å²) in [6.45, 7) is 6.29. The molecule has 1 N–H and O–H groups in total. The van der Waals surface area contributed by atoms with Crippen LogP contribution in [0, 0.1) is 0 Å². The molecule has 2 atom stereocenters. The molecule has 1 aromatic heterocycles. The van der Waals surface area contributed by atoms with Gasteiger partial charge in [0, 0.05) is 37.2 Å². The van der Waals surface area contributed by atoms with Gasteiger partial charge in [-0.25, -0.2) is 4.79 Å². The maximum Gasteiger partial charge on any atom is 0.336 e. The number of fused-ring (bicyclic) bond motifs is 1. The van der Waals surface area contributed by atoms with Gasteiger partial charge in [-0.1, -0.05) is 11.6 Å². The number of hydrogen-bond donors (Lipinski definition) is 1. The Bertz CT molecular complexity index is 748. The molecule has 0 amide bonds. The predicted octanol–water partition coefficient (Wildman–Crippen LogP) is 2.76. The molecule has 1 aliphatic rings. The van der Waals surface area contributed by atoms with Crippen LogP contribution in [-0.4, -0.2) is 35.3 Å². The van der Waals surface area contributed by atoms with E-state index in [0.29, 0.717) is 12.1 Å². The topological polar surface area (TPSA) is 62.9 Å². The van der Waals surface area contributed by atoms with Gasteiger partial charge < -0.3 is 14.3 Å². The lowest BCUT2D eigenvalue weighted by molar-refractivity contribution is -0.0704. The maximum atomic E-state index is 11.7. The highest BCUT2D eigenvalue weighted by Gasteiger charge is 2.23. The number of benzene rings is 1. The van der Waals surface area contributed by atoms with Crippen molar-refractivity contribution in [2.75, 3.05) is 13.1 Å². The van der Waals surface area contributed by atoms with Crippen LogP contribution in [0.25, 0.3) is 11.0 Å². The van der Waals surface area contributed by atoms with Crippen LogP contribution < -0.4 is 5.63 Å². The second-order valence-electron chi connectivity index (χ2n) is 5.84. The van der Waals surface area contributed by atoms with E-state index in [1.807, 2.05) is 13.8 Å². The van der Waals surface area contributed by atoms with Crippen LogP contribution in [0.15, 0.2) is 27.4 Å². The Kier molecular flexibility index (Phi) is 4.12. The van der Waals surface area contributed by atoms with Crippen LogP contribution in [0.4, 0.5) is 0 Å². The van der Waals surface area contributed by atoms with E-state index in [2.05, 4.69) is 4.90 Å². The van der Waals surface area contributed by atoms with Crippen molar-refractivity contribution in [1.29, 1.82) is 0 Å². The SMILES string of the molecule is C[C@H]1CN(Cc2cc(=O)oc3cc(O)c(Cl)cc23)C[C@H](C)O1. The quantitative estimate of drug-likeness (QED) is 0.861. The van der Waals surface area contributed by atoms with Crippen molar-refractivity contribution >= 4 is 22.6 Å². The third kappa shape index (κ3) is 3.11. The normalized spacial score (nSPS) is 23.0. The van der Waals surface area contributed by atoms with Crippen LogP contribution >= 0.6 is 11.6 Å². The Morgan fingerprint density at radius 3 is 2.64 bits per heavy atom. The molecule has 1 saturated heterocycles. The summed E-state index contributed by atoms with van der Waals surface area (Å²) < 4.78 is 10.9. The van der Waals surface area contributed by atoms with Gasteiger partial charge in [0.25, 0.3) is 0 Å². The lowest BCUT2D eigenvalue weighted by atomic mass is 10.1. The molecule has 0 radical (unpaired) electrons. The Labute approximate surface area is 133 Å². The van der Waals surface area contributed by atoms with E-state index in [-0.39, 0.29) is 23.0 Å². The van der Waals surface area contributed by atoms with Crippen LogP contribution in [0.2, 0.25) is 5.02 Å². The number of phenolic OH excluding ortho intramolecular Hbond substituents is 1. The minimum atomic E-state index is -0.432. The van der Waals surface area contributed by atoms with E-state index in [0.717, 1.165) is 24.0 Å². The molecule has 0 bridgehead atoms. The third-order valence-corrected chi connectivity index (χ3v) is 4.09. The van der Waals surface area contributed by atoms with Gasteiger partial charge in [-0.3, -0.25) is 4.90 Å². The van der Waals surface area contributed by atoms with Gasteiger partial charge in [0.05, 0.1) is 17.2 Å². The Balaban J connectivity index is 1.99. The summed E-state index contributed by atoms with van der Waals surface area (Å²) in [6, 6.07) is 4.51. The molecule has 6 heteroatoms. The van der Waals surface area contributed by atoms with E-state index in [1.54, 1.807) is 6.07 Å². The summed E-state index contributed by atoms with van der Waals surface area (Å²) in [5.74, 6) is -0.0944. The average molecular weight is 324 g/mol. The number of hydrogen-bond acceptors (Lipinski definition) is 5. The van der Waals surface area contributed by atoms with Gasteiger partial charge in [0.15, 0.2) is 0 Å². The van der Waals surface area contributed by atoms with Gasteiger partial charge in [0.1, 0.15) is 11.3 Å². The Morgan fingerprint density at radius 2 is 1.95 bits per heavy atom. The summed E-state index contributed by atoms with van der Waals surface area (Å²) in [6.07, 6.45) is 0.311. The molecule has 3 rings (SSSR count). The first kappa shape index (κ1) is 15.3. The molecule has 0 saturated carbocycles. The number of nitrogens with zero attached hydrogens (tertiary/aromatic N) is 1. The summed E-state index contributed by atoms with van der Waals surface area (Å²) in [5.41, 5.74) is 0.756. The zero-order valence-electron chi connectivity index (χ0n) is 12.5. The number of rotatable bonds is 2. The van der Waals surface area contributed by atoms with Gasteiger partial charge >= 0.3 is 5.63 Å². The first-order valence-corrected chi connectivity index (χ1v) is 7.63. The average Bonchev–Trinajstić information content (AvgIpc) is 2.39. The molecule has 0 unspecified atom stereocenters. The van der Waals surface area contributed by atoms with E-state index in [1.165, 1.54) is 12.1 Å². The number of phenols is 1. The van der Waals surface area contributed by atoms with Crippen molar-refractivity contribution in [3.05, 3.63) is 39.2 Å². The fourth-order valence-corrected chi connectivity index (χ4v) is 3.18. The third-order valence-electron chi connectivity index (χ3n) is 3.79. The van der Waals surface area contributed by atoms with Crippen LogP contribution in [0.5, 0.6) is 5.75 Å². The minimum Gasteiger partial charge on any atom is -0.506 e. The number of halogens is 1. The van der Waals surface area contributed by atoms with Crippen molar-refractivity contribution < 1.29 is 14.3 Å². The van der Waals surface area contributed by atoms with Crippen molar-refractivity contribution in [1.82, 2.24) is 4.90 Å². The molecular formula is C16H18ClNO4. The number of morpholine rings is 1. The van der Waals surface area contributed by atoms with Crippen LogP contribution in [-0.2, 0) is 11.3 Å². The zero-order chi connectivity index (χ0) is 15.9. The van der Waals surface area contributed by atoms with Gasteiger partial charge in [-0.05, 0) is 25.5 Å². The van der Waals surface area contributed by atoms with Gasteiger partial charge in [-0.2, -0.15) is 0 Å². The summed E-state index contributed by atoms with van der Waals surface area (Å²) in [4.78, 5) is 14.0. The highest BCUT2D eigenvalue weighted by molar-refractivity contribution is 6.32. The van der Waals surface area contributed by atoms with E-state index >= 15 is 0 Å². The van der Waals surface area contributed by atoms with Crippen molar-refractivity contribution in [3.63, 3.8) is 0 Å². The Hall–Kier alpha value is -1.56. The van der Waals surface area contributed by atoms with Crippen LogP contribution in [0.3, 0.4) is 0 Å². The lowest BCUT2D eigenvalue weighted by Gasteiger charge is -2.35. The predicted molar refractivity (Wildman–Crippen MR) is 84.4 cm³/mol. The fourth-order valence-electron chi connectivity index (χ4n) is 3.02. The smallest absolute Gasteiger partial charge is 0.336 e. The van der Waals surface area contributed by atoms with Crippen molar-refractivity contribution in [2.24, 2.45) is 0 Å². The molecular weight excluding hydrogens is 306 g/mol. The molecule has 5 nitrogen and oxygen atoms in total. The molecule has 118 valence electrons. The fraction of sp³-hybridized carbons (Fsp3) is 0.438. The monoisotopic (exact) mass is 323 g/mol. The second-order valence-corrected chi connectivity index (χ2v) is 6.25. The zero-order valence-corrected chi connectivity index (χ0v) is 13.3. The number of aromatic hydroxyl groups is 1. The molecule has 0 aliphatic carbocycles. The largest absolute Gasteiger partial charge is 0.506 e. The molecule has 0 spiro atoms. The second kappa shape index (κ2) is 5.91. The van der Waals surface area contributed by atoms with Crippen LogP contribution in [0.1, 0.15) is 19.4 Å². The lowest BCUT2D eigenvalue weighted by Crippen LogP contribution is -2.44. The molecule has 2 aromatic rings. The molecule has 1 aromatic carbocycles. The minimum absolute atomic E-state index is 0.0944. The standard InChI is InChI=1S/C16H18ClNO4/c1-9-6-18(7-10(2)21-9)8-11-3-16(20)22-15-5-14(19)13(17)4-12(11)15/h3-5,9-10,19H,6-8H2,1-2H3/t9-,10-/m0/s1. The van der Waals surface area contributed by atoms with E-state index in [4.69, 9.17) is 20.8 Å². The maximum absolute atomic E-state index is 11.7. The highest BCUT2D eigenvalue weighted by atomic mass is 35.5. The van der Waals surface area contributed by atoms with E-state index in [9.17, 15) is 9.90 Å². The van der Waals surface area contributed by atoms with Crippen molar-refractivity contribution in [2.45, 2.75) is 32.6 Å². The molecule has 22 heavy (non-hydrogen) atoms. The summed E-state index contributed by atoms with van der Waals surface area (Å²) in [7, 11) is 0. The molecule has 1 aliphatic heterocycles. The van der Waals surface area contributed by atoms with Crippen molar-refractivity contribution in [3.8, 4) is 5.75 Å². The first-order chi connectivity index (χ1) is 10.4. The Morgan fingerprint density at radius 1 is 1.27 bits per heavy atom. The first-order valence-electron chi connectivity index (χ1n) is 7.25.